The van der Waals surface area contributed by atoms with Crippen LogP contribution in [0.5, 0.6) is 0 Å². The largest absolute Gasteiger partial charge is 0.381 e. The number of nitrogens with one attached hydrogen (secondary N) is 1. The minimum Gasteiger partial charge on any atom is -0.381 e. The Bertz CT molecular complexity index is 858. The van der Waals surface area contributed by atoms with Crippen LogP contribution in [0.15, 0.2) is 24.4 Å². The van der Waals surface area contributed by atoms with Gasteiger partial charge >= 0.3 is 0 Å². The zero-order valence-electron chi connectivity index (χ0n) is 17.2. The third-order valence-electron chi connectivity index (χ3n) is 6.56. The summed E-state index contributed by atoms with van der Waals surface area (Å²) < 4.78 is 7.55. The number of nitrogens with zero attached hydrogens (tertiary/aromatic N) is 2. The van der Waals surface area contributed by atoms with Gasteiger partial charge in [0.1, 0.15) is 0 Å². The number of aryl methyl sites for hydroxylation is 2. The van der Waals surface area contributed by atoms with Gasteiger partial charge in [0.25, 0.3) is 0 Å². The Kier molecular flexibility index (Phi) is 5.54. The number of benzene rings is 1. The summed E-state index contributed by atoms with van der Waals surface area (Å²) >= 11 is 0. The number of methoxy groups -OCH3 is 1. The highest BCUT2D eigenvalue weighted by Crippen LogP contribution is 2.33. The first-order chi connectivity index (χ1) is 13.6. The first kappa shape index (κ1) is 19.2. The number of carbonyl (C=O) groups excluding carboxylic acids is 1. The Morgan fingerprint density at radius 1 is 1.18 bits per heavy atom. The molecule has 0 unspecified atom stereocenters. The van der Waals surface area contributed by atoms with Crippen LogP contribution in [0.3, 0.4) is 0 Å². The number of hydrogen-bond acceptors (Lipinski definition) is 3. The fraction of sp³-hybridized carbons (Fsp3) is 0.565. The number of aromatic nitrogens is 2. The molecule has 2 aromatic rings. The van der Waals surface area contributed by atoms with Gasteiger partial charge in [0.2, 0.25) is 5.91 Å². The highest BCUT2D eigenvalue weighted by molar-refractivity contribution is 5.79. The minimum absolute atomic E-state index is 0.0684. The van der Waals surface area contributed by atoms with E-state index in [1.807, 2.05) is 6.20 Å². The maximum atomic E-state index is 12.9. The van der Waals surface area contributed by atoms with Crippen LogP contribution < -0.4 is 5.32 Å². The molecule has 28 heavy (non-hydrogen) atoms. The van der Waals surface area contributed by atoms with Gasteiger partial charge in [0, 0.05) is 24.3 Å². The molecule has 5 nitrogen and oxygen atoms in total. The van der Waals surface area contributed by atoms with Crippen molar-refractivity contribution < 1.29 is 9.53 Å². The molecule has 2 aliphatic carbocycles. The number of ether oxygens (including phenoxy) is 1. The second kappa shape index (κ2) is 8.08. The molecule has 5 heteroatoms. The van der Waals surface area contributed by atoms with Gasteiger partial charge in [-0.2, -0.15) is 5.10 Å². The molecule has 3 atom stereocenters. The first-order valence-electron chi connectivity index (χ1n) is 10.5. The van der Waals surface area contributed by atoms with Crippen LogP contribution in [-0.4, -0.2) is 28.9 Å². The molecule has 0 bridgehead atoms. The summed E-state index contributed by atoms with van der Waals surface area (Å²) in [7, 11) is 1.75. The molecule has 0 saturated heterocycles. The van der Waals surface area contributed by atoms with Crippen LogP contribution in [0.2, 0.25) is 0 Å². The molecule has 0 aliphatic heterocycles. The molecule has 1 aromatic carbocycles. The van der Waals surface area contributed by atoms with Crippen molar-refractivity contribution in [3.05, 3.63) is 46.8 Å². The molecular formula is C23H31N3O2. The fourth-order valence-electron chi connectivity index (χ4n) is 4.67. The topological polar surface area (TPSA) is 56.1 Å². The van der Waals surface area contributed by atoms with Crippen LogP contribution >= 0.6 is 0 Å². The lowest BCUT2D eigenvalue weighted by atomic mass is 9.85. The van der Waals surface area contributed by atoms with Gasteiger partial charge in [-0.25, -0.2) is 4.68 Å². The Morgan fingerprint density at radius 3 is 2.82 bits per heavy atom. The zero-order valence-corrected chi connectivity index (χ0v) is 17.2. The lowest BCUT2D eigenvalue weighted by Crippen LogP contribution is -2.38. The second-order valence-electron chi connectivity index (χ2n) is 8.40. The molecular weight excluding hydrogens is 350 g/mol. The third-order valence-corrected chi connectivity index (χ3v) is 6.56. The molecule has 2 aliphatic rings. The van der Waals surface area contributed by atoms with Crippen molar-refractivity contribution in [2.45, 2.75) is 70.9 Å². The Hall–Kier alpha value is -2.14. The van der Waals surface area contributed by atoms with E-state index < -0.39 is 0 Å². The summed E-state index contributed by atoms with van der Waals surface area (Å²) in [5.41, 5.74) is 6.07. The molecule has 1 saturated carbocycles. The number of hydrogen-bond donors (Lipinski definition) is 1. The molecule has 1 aromatic heterocycles. The van der Waals surface area contributed by atoms with Crippen LogP contribution in [-0.2, 0) is 16.0 Å². The zero-order chi connectivity index (χ0) is 19.7. The van der Waals surface area contributed by atoms with E-state index in [1.165, 1.54) is 22.4 Å². The van der Waals surface area contributed by atoms with Gasteiger partial charge in [0.05, 0.1) is 24.0 Å². The minimum atomic E-state index is 0.0684. The van der Waals surface area contributed by atoms with E-state index in [0.717, 1.165) is 50.6 Å². The summed E-state index contributed by atoms with van der Waals surface area (Å²) in [5, 5.41) is 8.01. The lowest BCUT2D eigenvalue weighted by molar-refractivity contribution is -0.128. The summed E-state index contributed by atoms with van der Waals surface area (Å²) in [6, 6.07) is 6.54. The lowest BCUT2D eigenvalue weighted by Gasteiger charge is -2.30. The summed E-state index contributed by atoms with van der Waals surface area (Å²) in [6.07, 6.45) is 9.17. The average Bonchev–Trinajstić information content (AvgIpc) is 3.15. The predicted octanol–water partition coefficient (Wildman–Crippen LogP) is 4.19. The molecule has 0 radical (unpaired) electrons. The van der Waals surface area contributed by atoms with Crippen molar-refractivity contribution in [1.29, 1.82) is 0 Å². The maximum absolute atomic E-state index is 12.9. The number of fused-ring (bicyclic) bond motifs is 1. The Labute approximate surface area is 167 Å². The van der Waals surface area contributed by atoms with Crippen LogP contribution in [0.4, 0.5) is 0 Å². The van der Waals surface area contributed by atoms with E-state index in [2.05, 4.69) is 47.1 Å². The smallest absolute Gasteiger partial charge is 0.223 e. The Balaban J connectivity index is 1.52. The maximum Gasteiger partial charge on any atom is 0.223 e. The van der Waals surface area contributed by atoms with Gasteiger partial charge in [-0.05, 0) is 75.6 Å². The van der Waals surface area contributed by atoms with Gasteiger partial charge in [0.15, 0.2) is 0 Å². The molecule has 1 fully saturated rings. The molecule has 0 spiro atoms. The van der Waals surface area contributed by atoms with Crippen molar-refractivity contribution in [1.82, 2.24) is 15.1 Å². The molecule has 150 valence electrons. The summed E-state index contributed by atoms with van der Waals surface area (Å²) in [4.78, 5) is 12.9. The Morgan fingerprint density at radius 2 is 2.04 bits per heavy atom. The van der Waals surface area contributed by atoms with E-state index in [-0.39, 0.29) is 24.0 Å². The van der Waals surface area contributed by atoms with E-state index in [1.54, 1.807) is 7.11 Å². The van der Waals surface area contributed by atoms with Crippen molar-refractivity contribution >= 4 is 5.91 Å². The number of carbonyl (C=O) groups is 1. The van der Waals surface area contributed by atoms with Crippen molar-refractivity contribution in [3.63, 3.8) is 0 Å². The van der Waals surface area contributed by atoms with E-state index in [0.29, 0.717) is 0 Å². The highest BCUT2D eigenvalue weighted by atomic mass is 16.5. The normalized spacial score (nSPS) is 24.6. The SMILES string of the molecule is CO[C@@H]1CCC[C@H](C(=O)N[C@@H]2CCCc3c2cnn3-c2ccc(C)c(C)c2)C1. The van der Waals surface area contributed by atoms with Crippen LogP contribution in [0, 0.1) is 19.8 Å². The van der Waals surface area contributed by atoms with E-state index in [4.69, 9.17) is 4.74 Å². The highest BCUT2D eigenvalue weighted by Gasteiger charge is 2.31. The van der Waals surface area contributed by atoms with Gasteiger partial charge in [-0.3, -0.25) is 4.79 Å². The van der Waals surface area contributed by atoms with Crippen LogP contribution in [0.25, 0.3) is 5.69 Å². The molecule has 4 rings (SSSR count). The van der Waals surface area contributed by atoms with Crippen molar-refractivity contribution in [2.75, 3.05) is 7.11 Å². The van der Waals surface area contributed by atoms with Gasteiger partial charge in [-0.15, -0.1) is 0 Å². The fourth-order valence-corrected chi connectivity index (χ4v) is 4.67. The quantitative estimate of drug-likeness (QED) is 0.864. The third kappa shape index (κ3) is 3.72. The van der Waals surface area contributed by atoms with Gasteiger partial charge < -0.3 is 10.1 Å². The predicted molar refractivity (Wildman–Crippen MR) is 110 cm³/mol. The first-order valence-corrected chi connectivity index (χ1v) is 10.5. The summed E-state index contributed by atoms with van der Waals surface area (Å²) in [5.74, 6) is 0.248. The van der Waals surface area contributed by atoms with Gasteiger partial charge in [-0.1, -0.05) is 12.5 Å². The van der Waals surface area contributed by atoms with Crippen LogP contribution in [0.1, 0.15) is 67.0 Å². The van der Waals surface area contributed by atoms with E-state index in [9.17, 15) is 4.79 Å². The summed E-state index contributed by atoms with van der Waals surface area (Å²) in [6.45, 7) is 4.26. The van der Waals surface area contributed by atoms with Crippen molar-refractivity contribution in [2.24, 2.45) is 5.92 Å². The molecule has 1 N–H and O–H groups in total. The monoisotopic (exact) mass is 381 g/mol. The molecule has 1 heterocycles. The molecule has 1 amide bonds. The average molecular weight is 382 g/mol. The standard InChI is InChI=1S/C23H31N3O2/c1-15-10-11-18(12-16(15)2)26-22-9-5-8-21(20(22)14-24-26)25-23(27)17-6-4-7-19(13-17)28-3/h10-12,14,17,19,21H,4-9,13H2,1-3H3,(H,25,27)/t17-,19+,21+/m0/s1. The van der Waals surface area contributed by atoms with E-state index >= 15 is 0 Å². The number of rotatable bonds is 4. The second-order valence-corrected chi connectivity index (χ2v) is 8.40. The van der Waals surface area contributed by atoms with Crippen molar-refractivity contribution in [3.8, 4) is 5.69 Å². The number of amides is 1.